The van der Waals surface area contributed by atoms with E-state index in [1.807, 2.05) is 4.68 Å². The zero-order chi connectivity index (χ0) is 14.9. The first-order chi connectivity index (χ1) is 10.3. The SMILES string of the molecule is [CH2]CCCCCc1nnnn1CC(C)Cc1ccccc1. The van der Waals surface area contributed by atoms with Gasteiger partial charge in [-0.2, -0.15) is 0 Å². The zero-order valence-electron chi connectivity index (χ0n) is 12.9. The van der Waals surface area contributed by atoms with Gasteiger partial charge in [-0.3, -0.25) is 0 Å². The standard InChI is InChI=1S/C17H25N4/c1-3-4-5-9-12-17-18-19-20-21(17)14-15(2)13-16-10-7-6-8-11-16/h6-8,10-11,15H,1,3-5,9,12-14H2,2H3. The molecule has 1 heterocycles. The highest BCUT2D eigenvalue weighted by atomic mass is 15.5. The molecule has 0 fully saturated rings. The summed E-state index contributed by atoms with van der Waals surface area (Å²) in [7, 11) is 0. The lowest BCUT2D eigenvalue weighted by Gasteiger charge is -2.12. The van der Waals surface area contributed by atoms with E-state index in [1.165, 1.54) is 18.4 Å². The predicted octanol–water partition coefficient (Wildman–Crippen LogP) is 3.49. The fourth-order valence-corrected chi connectivity index (χ4v) is 2.56. The van der Waals surface area contributed by atoms with Crippen LogP contribution in [0.15, 0.2) is 30.3 Å². The normalized spacial score (nSPS) is 12.5. The molecular formula is C17H25N4. The zero-order valence-corrected chi connectivity index (χ0v) is 12.9. The lowest BCUT2D eigenvalue weighted by molar-refractivity contribution is 0.426. The van der Waals surface area contributed by atoms with E-state index in [2.05, 4.69) is 59.7 Å². The molecule has 113 valence electrons. The number of hydrogen-bond donors (Lipinski definition) is 0. The van der Waals surface area contributed by atoms with Crippen molar-refractivity contribution in [3.63, 3.8) is 0 Å². The van der Waals surface area contributed by atoms with Crippen molar-refractivity contribution in [2.45, 2.75) is 52.0 Å². The molecule has 4 heteroatoms. The summed E-state index contributed by atoms with van der Waals surface area (Å²) in [6.45, 7) is 7.00. The van der Waals surface area contributed by atoms with E-state index in [4.69, 9.17) is 0 Å². The van der Waals surface area contributed by atoms with E-state index in [0.717, 1.165) is 38.1 Å². The molecule has 2 aromatic rings. The lowest BCUT2D eigenvalue weighted by Crippen LogP contribution is -2.14. The van der Waals surface area contributed by atoms with Crippen molar-refractivity contribution in [1.29, 1.82) is 0 Å². The van der Waals surface area contributed by atoms with E-state index in [1.54, 1.807) is 0 Å². The van der Waals surface area contributed by atoms with Crippen molar-refractivity contribution in [2.24, 2.45) is 5.92 Å². The summed E-state index contributed by atoms with van der Waals surface area (Å²) in [4.78, 5) is 0. The topological polar surface area (TPSA) is 43.6 Å². The second-order valence-electron chi connectivity index (χ2n) is 5.74. The highest BCUT2D eigenvalue weighted by molar-refractivity contribution is 5.15. The van der Waals surface area contributed by atoms with Crippen molar-refractivity contribution in [3.8, 4) is 0 Å². The molecule has 0 spiro atoms. The molecule has 0 N–H and O–H groups in total. The third-order valence-electron chi connectivity index (χ3n) is 3.67. The molecule has 0 saturated heterocycles. The van der Waals surface area contributed by atoms with Gasteiger partial charge in [0.25, 0.3) is 0 Å². The third-order valence-corrected chi connectivity index (χ3v) is 3.67. The fraction of sp³-hybridized carbons (Fsp3) is 0.529. The van der Waals surface area contributed by atoms with Crippen molar-refractivity contribution in [1.82, 2.24) is 20.2 Å². The van der Waals surface area contributed by atoms with E-state index in [0.29, 0.717) is 5.92 Å². The van der Waals surface area contributed by atoms with Crippen molar-refractivity contribution >= 4 is 0 Å². The number of aryl methyl sites for hydroxylation is 1. The number of unbranched alkanes of at least 4 members (excludes halogenated alkanes) is 3. The molecule has 0 aliphatic carbocycles. The Labute approximate surface area is 127 Å². The van der Waals surface area contributed by atoms with Crippen molar-refractivity contribution in [2.75, 3.05) is 0 Å². The average Bonchev–Trinajstić information content (AvgIpc) is 2.92. The van der Waals surface area contributed by atoms with E-state index >= 15 is 0 Å². The van der Waals surface area contributed by atoms with Gasteiger partial charge in [0.2, 0.25) is 0 Å². The Bertz CT molecular complexity index is 507. The summed E-state index contributed by atoms with van der Waals surface area (Å²) in [6, 6.07) is 10.6. The molecule has 1 atom stereocenters. The number of rotatable bonds is 9. The number of aromatic nitrogens is 4. The van der Waals surface area contributed by atoms with Crippen LogP contribution in [0.3, 0.4) is 0 Å². The van der Waals surface area contributed by atoms with Gasteiger partial charge in [0, 0.05) is 13.0 Å². The Morgan fingerprint density at radius 1 is 1.14 bits per heavy atom. The van der Waals surface area contributed by atoms with Crippen LogP contribution in [-0.4, -0.2) is 20.2 Å². The molecule has 21 heavy (non-hydrogen) atoms. The van der Waals surface area contributed by atoms with Crippen LogP contribution in [0.1, 0.15) is 44.0 Å². The summed E-state index contributed by atoms with van der Waals surface area (Å²) in [6.07, 6.45) is 6.57. The van der Waals surface area contributed by atoms with Gasteiger partial charge in [-0.25, -0.2) is 4.68 Å². The predicted molar refractivity (Wildman–Crippen MR) is 84.7 cm³/mol. The molecule has 4 nitrogen and oxygen atoms in total. The summed E-state index contributed by atoms with van der Waals surface area (Å²) in [5.74, 6) is 1.54. The average molecular weight is 285 g/mol. The Morgan fingerprint density at radius 3 is 2.71 bits per heavy atom. The number of hydrogen-bond acceptors (Lipinski definition) is 3. The second kappa shape index (κ2) is 8.55. The maximum Gasteiger partial charge on any atom is 0.151 e. The minimum atomic E-state index is 0.523. The van der Waals surface area contributed by atoms with Crippen LogP contribution in [0.4, 0.5) is 0 Å². The Balaban J connectivity index is 1.83. The first-order valence-corrected chi connectivity index (χ1v) is 7.88. The van der Waals surface area contributed by atoms with Gasteiger partial charge in [0.05, 0.1) is 0 Å². The van der Waals surface area contributed by atoms with Gasteiger partial charge >= 0.3 is 0 Å². The minimum Gasteiger partial charge on any atom is -0.229 e. The quantitative estimate of drug-likeness (QED) is 0.662. The van der Waals surface area contributed by atoms with Crippen molar-refractivity contribution < 1.29 is 0 Å². The fourth-order valence-electron chi connectivity index (χ4n) is 2.56. The maximum atomic E-state index is 4.16. The van der Waals surface area contributed by atoms with Crippen LogP contribution < -0.4 is 0 Å². The van der Waals surface area contributed by atoms with Gasteiger partial charge in [0.15, 0.2) is 5.82 Å². The monoisotopic (exact) mass is 285 g/mol. The van der Waals surface area contributed by atoms with Crippen LogP contribution >= 0.6 is 0 Å². The van der Waals surface area contributed by atoms with Crippen LogP contribution in [0.5, 0.6) is 0 Å². The lowest BCUT2D eigenvalue weighted by atomic mass is 10.0. The van der Waals surface area contributed by atoms with E-state index < -0.39 is 0 Å². The van der Waals surface area contributed by atoms with Crippen LogP contribution in [0.25, 0.3) is 0 Å². The summed E-state index contributed by atoms with van der Waals surface area (Å²) >= 11 is 0. The van der Waals surface area contributed by atoms with Gasteiger partial charge < -0.3 is 0 Å². The largest absolute Gasteiger partial charge is 0.229 e. The smallest absolute Gasteiger partial charge is 0.151 e. The van der Waals surface area contributed by atoms with Crippen molar-refractivity contribution in [3.05, 3.63) is 48.6 Å². The number of benzene rings is 1. The minimum absolute atomic E-state index is 0.523. The van der Waals surface area contributed by atoms with Crippen LogP contribution in [0, 0.1) is 12.8 Å². The molecule has 1 aromatic heterocycles. The molecule has 0 bridgehead atoms. The molecule has 1 aromatic carbocycles. The molecule has 0 saturated carbocycles. The Hall–Kier alpha value is -1.71. The first kappa shape index (κ1) is 15.7. The Morgan fingerprint density at radius 2 is 1.95 bits per heavy atom. The molecule has 1 unspecified atom stereocenters. The summed E-state index contributed by atoms with van der Waals surface area (Å²) < 4.78 is 1.97. The van der Waals surface area contributed by atoms with Gasteiger partial charge in [-0.1, -0.05) is 63.4 Å². The molecule has 1 radical (unpaired) electrons. The second-order valence-corrected chi connectivity index (χ2v) is 5.74. The summed E-state index contributed by atoms with van der Waals surface area (Å²) in [5, 5.41) is 12.1. The number of tetrazole rings is 1. The molecule has 0 aliphatic heterocycles. The maximum absolute atomic E-state index is 4.16. The van der Waals surface area contributed by atoms with E-state index in [9.17, 15) is 0 Å². The summed E-state index contributed by atoms with van der Waals surface area (Å²) in [5.41, 5.74) is 1.37. The van der Waals surface area contributed by atoms with Gasteiger partial charge in [-0.05, 0) is 34.7 Å². The van der Waals surface area contributed by atoms with Crippen LogP contribution in [0.2, 0.25) is 0 Å². The van der Waals surface area contributed by atoms with Gasteiger partial charge in [0.1, 0.15) is 0 Å². The van der Waals surface area contributed by atoms with Crippen LogP contribution in [-0.2, 0) is 19.4 Å². The molecule has 0 amide bonds. The number of nitrogens with zero attached hydrogens (tertiary/aromatic N) is 4. The van der Waals surface area contributed by atoms with Gasteiger partial charge in [-0.15, -0.1) is 5.10 Å². The Kier molecular flexibility index (Phi) is 6.38. The molecular weight excluding hydrogens is 260 g/mol. The van der Waals surface area contributed by atoms with E-state index in [-0.39, 0.29) is 0 Å². The molecule has 0 aliphatic rings. The third kappa shape index (κ3) is 5.29. The highest BCUT2D eigenvalue weighted by Gasteiger charge is 2.10. The molecule has 2 rings (SSSR count). The first-order valence-electron chi connectivity index (χ1n) is 7.88. The highest BCUT2D eigenvalue weighted by Crippen LogP contribution is 2.12.